The largest absolute Gasteiger partial charge is 0.481 e. The van der Waals surface area contributed by atoms with E-state index in [0.717, 1.165) is 0 Å². The van der Waals surface area contributed by atoms with E-state index in [2.05, 4.69) is 4.98 Å². The van der Waals surface area contributed by atoms with Crippen LogP contribution in [0, 0.1) is 0 Å². The zero-order valence-corrected chi connectivity index (χ0v) is 8.34. The number of nitrogens with zero attached hydrogens (tertiary/aromatic N) is 1. The molecule has 0 aliphatic rings. The molecule has 74 valence electrons. The predicted octanol–water partition coefficient (Wildman–Crippen LogP) is 2.05. The number of carboxylic acids is 1. The molecule has 0 spiro atoms. The van der Waals surface area contributed by atoms with Gasteiger partial charge in [-0.1, -0.05) is 23.2 Å². The average molecular weight is 234 g/mol. The number of carbonyl (C=O) groups excluding carboxylic acids is 1. The van der Waals surface area contributed by atoms with E-state index in [1.165, 1.54) is 12.3 Å². The van der Waals surface area contributed by atoms with E-state index in [0.29, 0.717) is 0 Å². The highest BCUT2D eigenvalue weighted by atomic mass is 35.5. The van der Waals surface area contributed by atoms with Crippen LogP contribution in [-0.4, -0.2) is 21.8 Å². The van der Waals surface area contributed by atoms with Gasteiger partial charge < -0.3 is 5.11 Å². The lowest BCUT2D eigenvalue weighted by molar-refractivity contribution is -0.135. The van der Waals surface area contributed by atoms with Crippen LogP contribution in [0.3, 0.4) is 0 Å². The molecule has 0 amide bonds. The van der Waals surface area contributed by atoms with Crippen LogP contribution in [0.1, 0.15) is 16.8 Å². The van der Waals surface area contributed by atoms with Crippen LogP contribution < -0.4 is 0 Å². The van der Waals surface area contributed by atoms with Crippen molar-refractivity contribution < 1.29 is 14.7 Å². The summed E-state index contributed by atoms with van der Waals surface area (Å²) in [6.45, 7) is 0. The van der Waals surface area contributed by atoms with Gasteiger partial charge in [0.05, 0.1) is 10.6 Å². The molecule has 1 rings (SSSR count). The first-order chi connectivity index (χ1) is 6.50. The minimum absolute atomic E-state index is 0.0292. The Kier molecular flexibility index (Phi) is 3.43. The van der Waals surface area contributed by atoms with Crippen molar-refractivity contribution in [2.45, 2.75) is 6.42 Å². The number of ketones is 1. The van der Waals surface area contributed by atoms with Crippen molar-refractivity contribution in [2.75, 3.05) is 0 Å². The first kappa shape index (κ1) is 10.9. The van der Waals surface area contributed by atoms with Gasteiger partial charge in [0.25, 0.3) is 0 Å². The van der Waals surface area contributed by atoms with Gasteiger partial charge in [-0.05, 0) is 6.07 Å². The highest BCUT2D eigenvalue weighted by molar-refractivity contribution is 6.35. The van der Waals surface area contributed by atoms with E-state index in [-0.39, 0.29) is 15.7 Å². The SMILES string of the molecule is O=C(O)CC(=O)c1cc(Cl)cnc1Cl. The second kappa shape index (κ2) is 4.39. The molecule has 4 nitrogen and oxygen atoms in total. The van der Waals surface area contributed by atoms with Gasteiger partial charge in [-0.3, -0.25) is 9.59 Å². The lowest BCUT2D eigenvalue weighted by atomic mass is 10.1. The van der Waals surface area contributed by atoms with Crippen molar-refractivity contribution in [3.63, 3.8) is 0 Å². The quantitative estimate of drug-likeness (QED) is 0.493. The highest BCUT2D eigenvalue weighted by Gasteiger charge is 2.15. The van der Waals surface area contributed by atoms with Gasteiger partial charge in [0.1, 0.15) is 11.6 Å². The van der Waals surface area contributed by atoms with E-state index >= 15 is 0 Å². The zero-order valence-electron chi connectivity index (χ0n) is 6.83. The maximum Gasteiger partial charge on any atom is 0.311 e. The Morgan fingerprint density at radius 1 is 1.43 bits per heavy atom. The number of pyridine rings is 1. The molecular formula is C8H5Cl2NO3. The summed E-state index contributed by atoms with van der Waals surface area (Å²) in [4.78, 5) is 25.2. The first-order valence-corrected chi connectivity index (χ1v) is 4.32. The number of rotatable bonds is 3. The molecule has 14 heavy (non-hydrogen) atoms. The molecule has 1 aromatic heterocycles. The van der Waals surface area contributed by atoms with Crippen molar-refractivity contribution in [3.05, 3.63) is 28.0 Å². The molecule has 0 unspecified atom stereocenters. The molecule has 0 saturated carbocycles. The highest BCUT2D eigenvalue weighted by Crippen LogP contribution is 2.18. The monoisotopic (exact) mass is 233 g/mol. The molecule has 0 aromatic carbocycles. The summed E-state index contributed by atoms with van der Waals surface area (Å²) in [5, 5.41) is 8.59. The molecule has 0 atom stereocenters. The fraction of sp³-hybridized carbons (Fsp3) is 0.125. The van der Waals surface area contributed by atoms with E-state index < -0.39 is 18.2 Å². The molecular weight excluding hydrogens is 229 g/mol. The third kappa shape index (κ3) is 2.68. The Morgan fingerprint density at radius 2 is 2.07 bits per heavy atom. The second-order valence-electron chi connectivity index (χ2n) is 2.49. The molecule has 0 fully saturated rings. The molecule has 0 aliphatic carbocycles. The minimum atomic E-state index is -1.22. The summed E-state index contributed by atoms with van der Waals surface area (Å²) in [5.41, 5.74) is 0.0292. The smallest absolute Gasteiger partial charge is 0.311 e. The molecule has 0 saturated heterocycles. The fourth-order valence-electron chi connectivity index (χ4n) is 0.851. The Bertz CT molecular complexity index is 392. The lowest BCUT2D eigenvalue weighted by Crippen LogP contribution is -2.08. The number of aromatic nitrogens is 1. The van der Waals surface area contributed by atoms with Gasteiger partial charge in [0, 0.05) is 6.20 Å². The third-order valence-corrected chi connectivity index (χ3v) is 1.93. The maximum atomic E-state index is 11.3. The average Bonchev–Trinajstić information content (AvgIpc) is 2.08. The van der Waals surface area contributed by atoms with E-state index in [9.17, 15) is 9.59 Å². The summed E-state index contributed by atoms with van der Waals surface area (Å²) in [5.74, 6) is -1.83. The number of aliphatic carboxylic acids is 1. The normalized spacial score (nSPS) is 9.86. The Hall–Kier alpha value is -1.13. The van der Waals surface area contributed by atoms with Gasteiger partial charge in [0.15, 0.2) is 5.78 Å². The number of hydrogen-bond donors (Lipinski definition) is 1. The van der Waals surface area contributed by atoms with Crippen LogP contribution in [0.25, 0.3) is 0 Å². The second-order valence-corrected chi connectivity index (χ2v) is 3.28. The summed E-state index contributed by atoms with van der Waals surface area (Å²) in [6.07, 6.45) is 0.656. The van der Waals surface area contributed by atoms with Gasteiger partial charge in [0.2, 0.25) is 0 Å². The zero-order chi connectivity index (χ0) is 10.7. The van der Waals surface area contributed by atoms with Crippen LogP contribution in [0.4, 0.5) is 0 Å². The molecule has 0 aliphatic heterocycles. The molecule has 0 bridgehead atoms. The van der Waals surface area contributed by atoms with Crippen molar-refractivity contribution in [1.82, 2.24) is 4.98 Å². The van der Waals surface area contributed by atoms with Crippen molar-refractivity contribution in [2.24, 2.45) is 0 Å². The molecule has 1 heterocycles. The Labute approximate surface area is 89.5 Å². The van der Waals surface area contributed by atoms with Crippen LogP contribution in [0.5, 0.6) is 0 Å². The van der Waals surface area contributed by atoms with E-state index in [1.54, 1.807) is 0 Å². The summed E-state index contributed by atoms with van der Waals surface area (Å²) >= 11 is 11.2. The number of carbonyl (C=O) groups is 2. The number of halogens is 2. The van der Waals surface area contributed by atoms with Crippen molar-refractivity contribution >= 4 is 35.0 Å². The minimum Gasteiger partial charge on any atom is -0.481 e. The van der Waals surface area contributed by atoms with Crippen LogP contribution in [0.2, 0.25) is 10.2 Å². The topological polar surface area (TPSA) is 67.3 Å². The number of carboxylic acid groups (broad SMARTS) is 1. The fourth-order valence-corrected chi connectivity index (χ4v) is 1.22. The molecule has 6 heteroatoms. The molecule has 0 radical (unpaired) electrons. The molecule has 1 aromatic rings. The van der Waals surface area contributed by atoms with E-state index in [1.807, 2.05) is 0 Å². The van der Waals surface area contributed by atoms with Crippen molar-refractivity contribution in [3.8, 4) is 0 Å². The van der Waals surface area contributed by atoms with Gasteiger partial charge in [-0.2, -0.15) is 0 Å². The number of Topliss-reactive ketones (excluding diaryl/α,β-unsaturated/α-hetero) is 1. The molecule has 1 N–H and O–H groups in total. The summed E-state index contributed by atoms with van der Waals surface area (Å²) in [7, 11) is 0. The Balaban J connectivity index is 3.00. The summed E-state index contributed by atoms with van der Waals surface area (Å²) in [6, 6.07) is 1.29. The van der Waals surface area contributed by atoms with Crippen molar-refractivity contribution in [1.29, 1.82) is 0 Å². The maximum absolute atomic E-state index is 11.3. The predicted molar refractivity (Wildman–Crippen MR) is 50.8 cm³/mol. The Morgan fingerprint density at radius 3 is 2.64 bits per heavy atom. The van der Waals surface area contributed by atoms with Crippen LogP contribution >= 0.6 is 23.2 Å². The van der Waals surface area contributed by atoms with Gasteiger partial charge in [-0.15, -0.1) is 0 Å². The third-order valence-electron chi connectivity index (χ3n) is 1.42. The lowest BCUT2D eigenvalue weighted by Gasteiger charge is -2.00. The number of hydrogen-bond acceptors (Lipinski definition) is 3. The van der Waals surface area contributed by atoms with E-state index in [4.69, 9.17) is 28.3 Å². The standard InChI is InChI=1S/C8H5Cl2NO3/c9-4-1-5(8(10)11-3-4)6(12)2-7(13)14/h1,3H,2H2,(H,13,14). The van der Waals surface area contributed by atoms with Crippen LogP contribution in [-0.2, 0) is 4.79 Å². The van der Waals surface area contributed by atoms with Gasteiger partial charge >= 0.3 is 5.97 Å². The summed E-state index contributed by atoms with van der Waals surface area (Å²) < 4.78 is 0. The first-order valence-electron chi connectivity index (χ1n) is 3.56. The van der Waals surface area contributed by atoms with Crippen LogP contribution in [0.15, 0.2) is 12.3 Å². The van der Waals surface area contributed by atoms with Gasteiger partial charge in [-0.25, -0.2) is 4.98 Å².